The average molecular weight is 555 g/mol. The van der Waals surface area contributed by atoms with E-state index < -0.39 is 23.7 Å². The second-order valence-corrected chi connectivity index (χ2v) is 10.00. The Morgan fingerprint density at radius 2 is 1.89 bits per heavy atom. The Balaban J connectivity index is 1.81. The number of carbonyl (C=O) groups is 3. The summed E-state index contributed by atoms with van der Waals surface area (Å²) >= 11 is 7.20. The fraction of sp³-hybridized carbons (Fsp3) is 0.286. The fourth-order valence-electron chi connectivity index (χ4n) is 4.09. The lowest BCUT2D eigenvalue weighted by molar-refractivity contribution is -0.132. The summed E-state index contributed by atoms with van der Waals surface area (Å²) in [7, 11) is 0. The molecule has 8 nitrogen and oxygen atoms in total. The van der Waals surface area contributed by atoms with Crippen molar-refractivity contribution < 1.29 is 29.0 Å². The first-order valence-corrected chi connectivity index (χ1v) is 13.4. The number of benzene rings is 2. The van der Waals surface area contributed by atoms with Gasteiger partial charge < -0.3 is 14.6 Å². The van der Waals surface area contributed by atoms with Gasteiger partial charge in [-0.25, -0.2) is 9.78 Å². The molecule has 0 saturated carbocycles. The molecule has 1 amide bonds. The van der Waals surface area contributed by atoms with E-state index in [4.69, 9.17) is 21.1 Å². The molecule has 2 heterocycles. The summed E-state index contributed by atoms with van der Waals surface area (Å²) < 4.78 is 10.8. The maximum absolute atomic E-state index is 13.4. The van der Waals surface area contributed by atoms with Gasteiger partial charge in [-0.05, 0) is 62.2 Å². The molecular weight excluding hydrogens is 528 g/mol. The van der Waals surface area contributed by atoms with Crippen LogP contribution in [0.5, 0.6) is 5.75 Å². The summed E-state index contributed by atoms with van der Waals surface area (Å²) in [6.07, 6.45) is 1.92. The van der Waals surface area contributed by atoms with Crippen molar-refractivity contribution in [1.29, 1.82) is 0 Å². The van der Waals surface area contributed by atoms with Gasteiger partial charge in [0.2, 0.25) is 0 Å². The number of halogens is 1. The number of thiazole rings is 1. The van der Waals surface area contributed by atoms with Crippen molar-refractivity contribution in [3.05, 3.63) is 80.8 Å². The van der Waals surface area contributed by atoms with Crippen LogP contribution < -0.4 is 9.64 Å². The number of hydrogen-bond donors (Lipinski definition) is 1. The van der Waals surface area contributed by atoms with Crippen LogP contribution in [-0.2, 0) is 14.3 Å². The van der Waals surface area contributed by atoms with E-state index in [1.165, 1.54) is 4.90 Å². The summed E-state index contributed by atoms with van der Waals surface area (Å²) in [4.78, 5) is 45.0. The van der Waals surface area contributed by atoms with Gasteiger partial charge in [0.15, 0.2) is 5.13 Å². The lowest BCUT2D eigenvalue weighted by Gasteiger charge is -2.23. The molecule has 1 aromatic heterocycles. The zero-order valence-corrected chi connectivity index (χ0v) is 22.8. The topological polar surface area (TPSA) is 106 Å². The van der Waals surface area contributed by atoms with E-state index in [0.29, 0.717) is 34.2 Å². The summed E-state index contributed by atoms with van der Waals surface area (Å²) in [6.45, 7) is 6.14. The number of esters is 1. The zero-order valence-electron chi connectivity index (χ0n) is 21.2. The third-order valence-corrected chi connectivity index (χ3v) is 7.33. The molecule has 0 radical (unpaired) electrons. The second kappa shape index (κ2) is 11.8. The van der Waals surface area contributed by atoms with Crippen LogP contribution in [0.2, 0.25) is 5.02 Å². The maximum atomic E-state index is 13.4. The normalized spacial score (nSPS) is 16.6. The minimum atomic E-state index is -1.02. The van der Waals surface area contributed by atoms with E-state index in [0.717, 1.165) is 24.2 Å². The Morgan fingerprint density at radius 1 is 1.16 bits per heavy atom. The summed E-state index contributed by atoms with van der Waals surface area (Å²) in [5.41, 5.74) is 1.11. The van der Waals surface area contributed by atoms with Crippen molar-refractivity contribution in [1.82, 2.24) is 4.98 Å². The lowest BCUT2D eigenvalue weighted by atomic mass is 9.95. The van der Waals surface area contributed by atoms with Crippen LogP contribution >= 0.6 is 22.9 Å². The smallest absolute Gasteiger partial charge is 0.350 e. The number of aliphatic hydroxyl groups is 1. The molecule has 4 rings (SSSR count). The number of aromatic nitrogens is 1. The Hall–Kier alpha value is -3.69. The van der Waals surface area contributed by atoms with Crippen LogP contribution in [-0.4, -0.2) is 41.0 Å². The highest BCUT2D eigenvalue weighted by molar-refractivity contribution is 7.17. The molecule has 0 spiro atoms. The average Bonchev–Trinajstić information content (AvgIpc) is 3.41. The Labute approximate surface area is 229 Å². The van der Waals surface area contributed by atoms with Gasteiger partial charge in [0.25, 0.3) is 5.78 Å². The predicted molar refractivity (Wildman–Crippen MR) is 146 cm³/mol. The van der Waals surface area contributed by atoms with E-state index in [2.05, 4.69) is 11.9 Å². The maximum Gasteiger partial charge on any atom is 0.350 e. The quantitative estimate of drug-likeness (QED) is 0.112. The minimum absolute atomic E-state index is 0.109. The largest absolute Gasteiger partial charge is 0.507 e. The molecule has 1 saturated heterocycles. The van der Waals surface area contributed by atoms with Crippen molar-refractivity contribution in [2.75, 3.05) is 18.1 Å². The number of amides is 1. The molecular formula is C28H27ClN2O6S. The first-order valence-electron chi connectivity index (χ1n) is 12.2. The fourth-order valence-corrected chi connectivity index (χ4v) is 5.28. The Bertz CT molecular complexity index is 1400. The molecule has 1 aliphatic rings. The van der Waals surface area contributed by atoms with Gasteiger partial charge in [-0.1, -0.05) is 48.4 Å². The number of ether oxygens (including phenoxy) is 2. The molecule has 10 heteroatoms. The summed E-state index contributed by atoms with van der Waals surface area (Å²) in [6, 6.07) is 12.3. The number of carbonyl (C=O) groups excluding carboxylic acids is 3. The van der Waals surface area contributed by atoms with E-state index in [1.807, 2.05) is 0 Å². The second-order valence-electron chi connectivity index (χ2n) is 8.58. The van der Waals surface area contributed by atoms with Gasteiger partial charge in [0, 0.05) is 10.6 Å². The van der Waals surface area contributed by atoms with E-state index >= 15 is 0 Å². The van der Waals surface area contributed by atoms with Crippen molar-refractivity contribution in [2.24, 2.45) is 0 Å². The van der Waals surface area contributed by atoms with E-state index in [9.17, 15) is 19.5 Å². The van der Waals surface area contributed by atoms with Crippen molar-refractivity contribution >= 4 is 51.5 Å². The molecule has 3 aromatic rings. The molecule has 1 N–H and O–H groups in total. The number of rotatable bonds is 9. The minimum Gasteiger partial charge on any atom is -0.507 e. The molecule has 0 bridgehead atoms. The van der Waals surface area contributed by atoms with Crippen LogP contribution in [0.3, 0.4) is 0 Å². The Kier molecular flexibility index (Phi) is 8.48. The first kappa shape index (κ1) is 27.3. The SMILES string of the molecule is CCCCOc1ccc(C(O)=C2C(=O)C(=O)N(c3nc(C)c(C(=O)OCC)s3)C2c2cccc(Cl)c2)cc1. The van der Waals surface area contributed by atoms with E-state index in [1.54, 1.807) is 62.4 Å². The van der Waals surface area contributed by atoms with Gasteiger partial charge in [0.1, 0.15) is 16.4 Å². The van der Waals surface area contributed by atoms with Crippen molar-refractivity contribution in [2.45, 2.75) is 39.7 Å². The standard InChI is InChI=1S/C28H27ClN2O6S/c1-4-6-14-37-20-12-10-17(11-13-20)23(32)21-22(18-8-7-9-19(29)15-18)31(26(34)24(21)33)28-30-16(3)25(38-28)27(35)36-5-2/h7-13,15,22,32H,4-6,14H2,1-3H3. The van der Waals surface area contributed by atoms with E-state index in [-0.39, 0.29) is 27.9 Å². The van der Waals surface area contributed by atoms with Crippen LogP contribution in [0.25, 0.3) is 5.76 Å². The van der Waals surface area contributed by atoms with Crippen molar-refractivity contribution in [3.8, 4) is 5.75 Å². The predicted octanol–water partition coefficient (Wildman–Crippen LogP) is 6.09. The van der Waals surface area contributed by atoms with Gasteiger partial charge in [0.05, 0.1) is 30.5 Å². The van der Waals surface area contributed by atoms with Gasteiger partial charge in [-0.3, -0.25) is 14.5 Å². The zero-order chi connectivity index (χ0) is 27.4. The number of hydrogen-bond acceptors (Lipinski definition) is 8. The monoisotopic (exact) mass is 554 g/mol. The molecule has 38 heavy (non-hydrogen) atoms. The van der Waals surface area contributed by atoms with Gasteiger partial charge >= 0.3 is 11.9 Å². The molecule has 1 fully saturated rings. The highest BCUT2D eigenvalue weighted by Gasteiger charge is 2.48. The number of unbranched alkanes of at least 4 members (excludes halogenated alkanes) is 1. The molecule has 1 atom stereocenters. The van der Waals surface area contributed by atoms with Crippen LogP contribution in [0.4, 0.5) is 5.13 Å². The first-order chi connectivity index (χ1) is 18.3. The molecule has 1 aliphatic heterocycles. The number of ketones is 1. The van der Waals surface area contributed by atoms with Gasteiger partial charge in [-0.15, -0.1) is 0 Å². The number of anilines is 1. The third-order valence-electron chi connectivity index (χ3n) is 5.96. The highest BCUT2D eigenvalue weighted by Crippen LogP contribution is 2.44. The van der Waals surface area contributed by atoms with Crippen LogP contribution in [0, 0.1) is 6.92 Å². The molecule has 198 valence electrons. The summed E-state index contributed by atoms with van der Waals surface area (Å²) in [5.74, 6) is -2.02. The molecule has 0 aliphatic carbocycles. The number of aryl methyl sites for hydroxylation is 1. The van der Waals surface area contributed by atoms with Gasteiger partial charge in [-0.2, -0.15) is 0 Å². The third kappa shape index (κ3) is 5.44. The van der Waals surface area contributed by atoms with Crippen LogP contribution in [0.1, 0.15) is 59.2 Å². The highest BCUT2D eigenvalue weighted by atomic mass is 35.5. The van der Waals surface area contributed by atoms with Crippen LogP contribution in [0.15, 0.2) is 54.1 Å². The Morgan fingerprint density at radius 3 is 2.55 bits per heavy atom. The number of Topliss-reactive ketones (excluding diaryl/α,β-unsaturated/α-hetero) is 1. The molecule has 2 aromatic carbocycles. The number of nitrogens with zero attached hydrogens (tertiary/aromatic N) is 2. The number of aliphatic hydroxyl groups excluding tert-OH is 1. The lowest BCUT2D eigenvalue weighted by Crippen LogP contribution is -2.29. The summed E-state index contributed by atoms with van der Waals surface area (Å²) in [5, 5.41) is 11.8. The van der Waals surface area contributed by atoms with Crippen molar-refractivity contribution in [3.63, 3.8) is 0 Å². The molecule has 1 unspecified atom stereocenters.